The zero-order chi connectivity index (χ0) is 14.4. The van der Waals surface area contributed by atoms with E-state index in [2.05, 4.69) is 17.6 Å². The zero-order valence-electron chi connectivity index (χ0n) is 11.7. The Balaban J connectivity index is 1.86. The molecule has 2 amide bonds. The van der Waals surface area contributed by atoms with Crippen molar-refractivity contribution >= 4 is 23.2 Å². The molecular weight excluding hydrogens is 274 g/mol. The van der Waals surface area contributed by atoms with E-state index in [1.54, 1.807) is 6.07 Å². The molecule has 5 nitrogen and oxygen atoms in total. The Hall–Kier alpha value is -1.40. The van der Waals surface area contributed by atoms with Crippen LogP contribution in [0.3, 0.4) is 0 Å². The van der Waals surface area contributed by atoms with E-state index in [1.807, 2.05) is 16.3 Å². The van der Waals surface area contributed by atoms with Crippen molar-refractivity contribution in [3.8, 4) is 0 Å². The highest BCUT2D eigenvalue weighted by atomic mass is 32.1. The van der Waals surface area contributed by atoms with Crippen LogP contribution in [-0.2, 0) is 4.79 Å². The molecule has 1 unspecified atom stereocenters. The molecule has 1 saturated heterocycles. The predicted molar refractivity (Wildman–Crippen MR) is 79.9 cm³/mol. The topological polar surface area (TPSA) is 61.4 Å². The van der Waals surface area contributed by atoms with Gasteiger partial charge in [0, 0.05) is 19.1 Å². The number of carbonyl (C=O) groups is 2. The fourth-order valence-corrected chi connectivity index (χ4v) is 3.05. The Morgan fingerprint density at radius 2 is 2.40 bits per heavy atom. The van der Waals surface area contributed by atoms with Gasteiger partial charge in [-0.3, -0.25) is 9.59 Å². The first-order chi connectivity index (χ1) is 9.72. The normalized spacial score (nSPS) is 17.9. The van der Waals surface area contributed by atoms with Crippen LogP contribution in [0.5, 0.6) is 0 Å². The summed E-state index contributed by atoms with van der Waals surface area (Å²) in [6.45, 7) is 4.70. The van der Waals surface area contributed by atoms with Gasteiger partial charge >= 0.3 is 0 Å². The summed E-state index contributed by atoms with van der Waals surface area (Å²) in [5.74, 6) is -0.167. The number of carbonyl (C=O) groups excluding carboxylic acids is 2. The van der Waals surface area contributed by atoms with Crippen molar-refractivity contribution in [1.29, 1.82) is 0 Å². The van der Waals surface area contributed by atoms with Gasteiger partial charge < -0.3 is 15.5 Å². The quantitative estimate of drug-likeness (QED) is 0.825. The highest BCUT2D eigenvalue weighted by Gasteiger charge is 2.25. The van der Waals surface area contributed by atoms with Crippen molar-refractivity contribution in [2.24, 2.45) is 0 Å². The molecular formula is C14H21N3O2S. The maximum absolute atomic E-state index is 12.3. The van der Waals surface area contributed by atoms with Crippen LogP contribution in [0.25, 0.3) is 0 Å². The number of amides is 2. The summed E-state index contributed by atoms with van der Waals surface area (Å²) in [5, 5.41) is 7.83. The molecule has 1 aliphatic rings. The van der Waals surface area contributed by atoms with E-state index in [-0.39, 0.29) is 24.4 Å². The zero-order valence-corrected chi connectivity index (χ0v) is 12.5. The van der Waals surface area contributed by atoms with Gasteiger partial charge in [0.25, 0.3) is 5.91 Å². The molecule has 0 saturated carbocycles. The van der Waals surface area contributed by atoms with Gasteiger partial charge in [-0.25, -0.2) is 0 Å². The van der Waals surface area contributed by atoms with Crippen LogP contribution in [0, 0.1) is 0 Å². The minimum atomic E-state index is -0.172. The molecule has 0 aromatic carbocycles. The second-order valence-corrected chi connectivity index (χ2v) is 5.84. The number of nitrogens with zero attached hydrogens (tertiary/aromatic N) is 1. The summed E-state index contributed by atoms with van der Waals surface area (Å²) in [4.78, 5) is 26.6. The predicted octanol–water partition coefficient (Wildman–Crippen LogP) is 1.08. The van der Waals surface area contributed by atoms with E-state index < -0.39 is 0 Å². The lowest BCUT2D eigenvalue weighted by atomic mass is 10.2. The monoisotopic (exact) mass is 295 g/mol. The number of hydrogen-bond acceptors (Lipinski definition) is 4. The fourth-order valence-electron chi connectivity index (χ4n) is 2.41. The highest BCUT2D eigenvalue weighted by Crippen LogP contribution is 2.10. The number of rotatable bonds is 6. The first-order valence-corrected chi connectivity index (χ1v) is 7.92. The van der Waals surface area contributed by atoms with E-state index in [4.69, 9.17) is 0 Å². The summed E-state index contributed by atoms with van der Waals surface area (Å²) >= 11 is 1.38. The molecule has 0 spiro atoms. The van der Waals surface area contributed by atoms with Crippen LogP contribution >= 0.6 is 11.3 Å². The molecule has 0 radical (unpaired) electrons. The van der Waals surface area contributed by atoms with Gasteiger partial charge in [0.2, 0.25) is 5.91 Å². The Labute approximate surface area is 123 Å². The van der Waals surface area contributed by atoms with Gasteiger partial charge in [-0.1, -0.05) is 13.0 Å². The van der Waals surface area contributed by atoms with Crippen molar-refractivity contribution in [2.45, 2.75) is 25.8 Å². The summed E-state index contributed by atoms with van der Waals surface area (Å²) in [6, 6.07) is 3.85. The highest BCUT2D eigenvalue weighted by molar-refractivity contribution is 7.12. The summed E-state index contributed by atoms with van der Waals surface area (Å²) in [6.07, 6.45) is 1.92. The third kappa shape index (κ3) is 3.80. The van der Waals surface area contributed by atoms with Crippen LogP contribution < -0.4 is 10.6 Å². The largest absolute Gasteiger partial charge is 0.342 e. The van der Waals surface area contributed by atoms with Gasteiger partial charge in [0.05, 0.1) is 11.4 Å². The molecule has 1 aromatic heterocycles. The molecule has 0 bridgehead atoms. The van der Waals surface area contributed by atoms with Crippen LogP contribution in [0.1, 0.15) is 29.4 Å². The Morgan fingerprint density at radius 1 is 1.55 bits per heavy atom. The average Bonchev–Trinajstić information content (AvgIpc) is 3.13. The van der Waals surface area contributed by atoms with Crippen molar-refractivity contribution < 1.29 is 9.59 Å². The first kappa shape index (κ1) is 15.0. The van der Waals surface area contributed by atoms with Crippen LogP contribution in [0.4, 0.5) is 0 Å². The summed E-state index contributed by atoms with van der Waals surface area (Å²) in [7, 11) is 0. The standard InChI is InChI=1S/C14H21N3O2S/c1-2-7-17(11-5-6-15-9-11)13(18)10-16-14(19)12-4-3-8-20-12/h3-4,8,11,15H,2,5-7,9-10H2,1H3,(H,16,19). The fraction of sp³-hybridized carbons (Fsp3) is 0.571. The molecule has 1 fully saturated rings. The van der Waals surface area contributed by atoms with Gasteiger partial charge in [-0.05, 0) is 30.8 Å². The maximum Gasteiger partial charge on any atom is 0.261 e. The van der Waals surface area contributed by atoms with Crippen molar-refractivity contribution in [2.75, 3.05) is 26.2 Å². The molecule has 1 aliphatic heterocycles. The molecule has 2 heterocycles. The SMILES string of the molecule is CCCN(C(=O)CNC(=O)c1cccs1)C1CCNC1. The van der Waals surface area contributed by atoms with Crippen molar-refractivity contribution in [1.82, 2.24) is 15.5 Å². The minimum Gasteiger partial charge on any atom is -0.342 e. The smallest absolute Gasteiger partial charge is 0.261 e. The summed E-state index contributed by atoms with van der Waals surface area (Å²) < 4.78 is 0. The lowest BCUT2D eigenvalue weighted by molar-refractivity contribution is -0.132. The van der Waals surface area contributed by atoms with Crippen molar-refractivity contribution in [3.63, 3.8) is 0 Å². The minimum absolute atomic E-state index is 0.00505. The molecule has 1 atom stereocenters. The van der Waals surface area contributed by atoms with Crippen LogP contribution in [0.15, 0.2) is 17.5 Å². The number of nitrogens with one attached hydrogen (secondary N) is 2. The van der Waals surface area contributed by atoms with Gasteiger partial charge in [-0.15, -0.1) is 11.3 Å². The molecule has 0 aliphatic carbocycles. The Bertz CT molecular complexity index is 441. The lowest BCUT2D eigenvalue weighted by Gasteiger charge is -2.28. The Kier molecular flexibility index (Phi) is 5.55. The maximum atomic E-state index is 12.3. The Morgan fingerprint density at radius 3 is 3.00 bits per heavy atom. The van der Waals surface area contributed by atoms with E-state index in [0.717, 1.165) is 32.5 Å². The van der Waals surface area contributed by atoms with E-state index in [9.17, 15) is 9.59 Å². The van der Waals surface area contributed by atoms with E-state index >= 15 is 0 Å². The average molecular weight is 295 g/mol. The van der Waals surface area contributed by atoms with Crippen molar-refractivity contribution in [3.05, 3.63) is 22.4 Å². The van der Waals surface area contributed by atoms with E-state index in [0.29, 0.717) is 4.88 Å². The third-order valence-corrected chi connectivity index (χ3v) is 4.27. The second-order valence-electron chi connectivity index (χ2n) is 4.89. The van der Waals surface area contributed by atoms with Gasteiger partial charge in [-0.2, -0.15) is 0 Å². The summed E-state index contributed by atoms with van der Waals surface area (Å²) in [5.41, 5.74) is 0. The molecule has 20 heavy (non-hydrogen) atoms. The first-order valence-electron chi connectivity index (χ1n) is 7.04. The van der Waals surface area contributed by atoms with Crippen LogP contribution in [-0.4, -0.2) is 48.9 Å². The molecule has 2 N–H and O–H groups in total. The second kappa shape index (κ2) is 7.40. The van der Waals surface area contributed by atoms with E-state index in [1.165, 1.54) is 11.3 Å². The third-order valence-electron chi connectivity index (χ3n) is 3.41. The lowest BCUT2D eigenvalue weighted by Crippen LogP contribution is -2.46. The van der Waals surface area contributed by atoms with Gasteiger partial charge in [0.15, 0.2) is 0 Å². The molecule has 110 valence electrons. The number of thiophene rings is 1. The molecule has 6 heteroatoms. The van der Waals surface area contributed by atoms with Gasteiger partial charge in [0.1, 0.15) is 0 Å². The molecule has 1 aromatic rings. The van der Waals surface area contributed by atoms with Crippen LogP contribution in [0.2, 0.25) is 0 Å². The molecule has 2 rings (SSSR count). The number of hydrogen-bond donors (Lipinski definition) is 2.